The molecule has 0 aliphatic carbocycles. The van der Waals surface area contributed by atoms with Crippen molar-refractivity contribution in [2.75, 3.05) is 12.3 Å². The van der Waals surface area contributed by atoms with E-state index in [2.05, 4.69) is 29.2 Å². The van der Waals surface area contributed by atoms with Crippen molar-refractivity contribution in [2.24, 2.45) is 5.92 Å². The van der Waals surface area contributed by atoms with Gasteiger partial charge in [0.15, 0.2) is 10.8 Å². The van der Waals surface area contributed by atoms with Crippen LogP contribution in [-0.4, -0.2) is 37.5 Å². The lowest BCUT2D eigenvalue weighted by molar-refractivity contribution is -0.121. The number of carbonyl (C=O) groups excluding carboxylic acids is 1. The Hall–Kier alpha value is -1.83. The Balaban J connectivity index is 1.93. The number of rotatable bonds is 4. The number of amides is 1. The van der Waals surface area contributed by atoms with Gasteiger partial charge in [0.2, 0.25) is 5.91 Å². The molecule has 8 heteroatoms. The third-order valence-corrected chi connectivity index (χ3v) is 5.23. The van der Waals surface area contributed by atoms with E-state index in [1.165, 1.54) is 11.8 Å². The molecule has 2 aromatic heterocycles. The highest BCUT2D eigenvalue weighted by molar-refractivity contribution is 7.99. The van der Waals surface area contributed by atoms with Crippen molar-refractivity contribution >= 4 is 28.7 Å². The molecular formula is C17H25N5O2S. The lowest BCUT2D eigenvalue weighted by atomic mass is 10.1. The summed E-state index contributed by atoms with van der Waals surface area (Å²) < 4.78 is 3.45. The molecule has 2 aromatic rings. The first kappa shape index (κ1) is 18.0. The summed E-state index contributed by atoms with van der Waals surface area (Å²) in [5.74, 6) is 1.07. The number of thioether (sulfide) groups is 1. The van der Waals surface area contributed by atoms with Gasteiger partial charge in [-0.15, -0.1) is 0 Å². The van der Waals surface area contributed by atoms with Gasteiger partial charge in [-0.2, -0.15) is 5.10 Å². The van der Waals surface area contributed by atoms with Gasteiger partial charge in [-0.25, -0.2) is 9.67 Å². The van der Waals surface area contributed by atoms with Crippen LogP contribution < -0.4 is 10.9 Å². The Labute approximate surface area is 151 Å². The maximum absolute atomic E-state index is 12.9. The molecule has 3 heterocycles. The van der Waals surface area contributed by atoms with Crippen molar-refractivity contribution in [3.05, 3.63) is 16.6 Å². The average molecular weight is 363 g/mol. The first-order chi connectivity index (χ1) is 11.7. The van der Waals surface area contributed by atoms with Crippen LogP contribution in [0.3, 0.4) is 0 Å². The molecule has 3 rings (SSSR count). The summed E-state index contributed by atoms with van der Waals surface area (Å²) in [5.41, 5.74) is 0.253. The van der Waals surface area contributed by atoms with Gasteiger partial charge in [0, 0.05) is 18.7 Å². The summed E-state index contributed by atoms with van der Waals surface area (Å²) in [7, 11) is 0. The largest absolute Gasteiger partial charge is 0.356 e. The zero-order valence-corrected chi connectivity index (χ0v) is 16.2. The van der Waals surface area contributed by atoms with E-state index >= 15 is 0 Å². The van der Waals surface area contributed by atoms with Gasteiger partial charge in [0.05, 0.1) is 17.8 Å². The van der Waals surface area contributed by atoms with Gasteiger partial charge in [-0.05, 0) is 26.7 Å². The highest BCUT2D eigenvalue weighted by atomic mass is 32.2. The van der Waals surface area contributed by atoms with Crippen molar-refractivity contribution in [1.82, 2.24) is 24.6 Å². The highest BCUT2D eigenvalue weighted by Crippen LogP contribution is 2.33. The summed E-state index contributed by atoms with van der Waals surface area (Å²) in [4.78, 5) is 29.8. The maximum atomic E-state index is 12.9. The number of aromatic nitrogens is 4. The second-order valence-electron chi connectivity index (χ2n) is 7.90. The van der Waals surface area contributed by atoms with Gasteiger partial charge < -0.3 is 5.32 Å². The molecule has 0 radical (unpaired) electrons. The molecule has 0 saturated carbocycles. The second-order valence-corrected chi connectivity index (χ2v) is 8.89. The molecule has 25 heavy (non-hydrogen) atoms. The minimum Gasteiger partial charge on any atom is -0.356 e. The van der Waals surface area contributed by atoms with Gasteiger partial charge in [0.25, 0.3) is 5.56 Å². The number of nitrogens with zero attached hydrogens (tertiary/aromatic N) is 4. The van der Waals surface area contributed by atoms with Crippen LogP contribution in [-0.2, 0) is 10.3 Å². The summed E-state index contributed by atoms with van der Waals surface area (Å²) in [6.45, 7) is 10.8. The fourth-order valence-electron chi connectivity index (χ4n) is 2.88. The topological polar surface area (TPSA) is 81.8 Å². The van der Waals surface area contributed by atoms with Crippen molar-refractivity contribution in [3.8, 4) is 0 Å². The van der Waals surface area contributed by atoms with E-state index in [0.29, 0.717) is 40.8 Å². The second kappa shape index (κ2) is 6.48. The standard InChI is InChI=1S/C17H25N5O2S/c1-10(2)7-18-13(23)6-11-9-25-16-20-14-12(15(24)21(11)16)8-19-22(14)17(3,4)5/h8,10-11H,6-7,9H2,1-5H3,(H,18,23). The summed E-state index contributed by atoms with van der Waals surface area (Å²) >= 11 is 1.52. The molecule has 1 aliphatic rings. The molecule has 0 bridgehead atoms. The first-order valence-electron chi connectivity index (χ1n) is 8.58. The fourth-order valence-corrected chi connectivity index (χ4v) is 4.01. The van der Waals surface area contributed by atoms with E-state index in [4.69, 9.17) is 0 Å². The van der Waals surface area contributed by atoms with Crippen LogP contribution in [0.4, 0.5) is 0 Å². The van der Waals surface area contributed by atoms with Crippen LogP contribution in [0.2, 0.25) is 0 Å². The zero-order valence-electron chi connectivity index (χ0n) is 15.4. The molecule has 0 saturated heterocycles. The normalized spacial score (nSPS) is 17.3. The number of nitrogens with one attached hydrogen (secondary N) is 1. The summed E-state index contributed by atoms with van der Waals surface area (Å²) in [5, 5.41) is 8.45. The van der Waals surface area contributed by atoms with Crippen LogP contribution in [0.5, 0.6) is 0 Å². The maximum Gasteiger partial charge on any atom is 0.265 e. The quantitative estimate of drug-likeness (QED) is 0.842. The molecule has 0 fully saturated rings. The SMILES string of the molecule is CC(C)CNC(=O)CC1CSc2nc3c(cnn3C(C)(C)C)c(=O)n21. The Morgan fingerprint density at radius 1 is 1.44 bits per heavy atom. The third-order valence-electron chi connectivity index (χ3n) is 4.13. The van der Waals surface area contributed by atoms with E-state index in [1.807, 2.05) is 20.8 Å². The molecule has 1 amide bonds. The molecule has 1 aliphatic heterocycles. The van der Waals surface area contributed by atoms with Crippen molar-refractivity contribution in [1.29, 1.82) is 0 Å². The van der Waals surface area contributed by atoms with E-state index in [1.54, 1.807) is 15.4 Å². The number of hydrogen-bond acceptors (Lipinski definition) is 5. The lowest BCUT2D eigenvalue weighted by Crippen LogP contribution is -2.32. The molecule has 1 atom stereocenters. The number of hydrogen-bond donors (Lipinski definition) is 1. The minimum atomic E-state index is -0.250. The Kier molecular flexibility index (Phi) is 4.66. The molecular weight excluding hydrogens is 338 g/mol. The third kappa shape index (κ3) is 3.44. The van der Waals surface area contributed by atoms with Gasteiger partial charge in [0.1, 0.15) is 5.39 Å². The van der Waals surface area contributed by atoms with Gasteiger partial charge in [-0.1, -0.05) is 25.6 Å². The highest BCUT2D eigenvalue weighted by Gasteiger charge is 2.30. The molecule has 136 valence electrons. The van der Waals surface area contributed by atoms with Gasteiger partial charge in [-0.3, -0.25) is 14.2 Å². The van der Waals surface area contributed by atoms with Crippen LogP contribution in [0, 0.1) is 5.92 Å². The number of fused-ring (bicyclic) bond motifs is 2. The predicted molar refractivity (Wildman–Crippen MR) is 99.0 cm³/mol. The zero-order chi connectivity index (χ0) is 18.4. The van der Waals surface area contributed by atoms with E-state index < -0.39 is 0 Å². The Morgan fingerprint density at radius 2 is 2.16 bits per heavy atom. The summed E-state index contributed by atoms with van der Waals surface area (Å²) in [6.07, 6.45) is 1.88. The molecule has 0 spiro atoms. The summed E-state index contributed by atoms with van der Waals surface area (Å²) in [6, 6.07) is -0.158. The Bertz CT molecular complexity index is 862. The van der Waals surface area contributed by atoms with Crippen LogP contribution in [0.15, 0.2) is 16.1 Å². The van der Waals surface area contributed by atoms with E-state index in [-0.39, 0.29) is 23.0 Å². The predicted octanol–water partition coefficient (Wildman–Crippen LogP) is 2.16. The lowest BCUT2D eigenvalue weighted by Gasteiger charge is -2.20. The fraction of sp³-hybridized carbons (Fsp3) is 0.647. The van der Waals surface area contributed by atoms with Crippen molar-refractivity contribution in [2.45, 2.75) is 57.8 Å². The molecule has 0 aromatic carbocycles. The molecule has 7 nitrogen and oxygen atoms in total. The number of carbonyl (C=O) groups is 1. The van der Waals surface area contributed by atoms with E-state index in [0.717, 1.165) is 0 Å². The monoisotopic (exact) mass is 363 g/mol. The van der Waals surface area contributed by atoms with E-state index in [9.17, 15) is 9.59 Å². The van der Waals surface area contributed by atoms with Crippen LogP contribution in [0.1, 0.15) is 47.1 Å². The minimum absolute atomic E-state index is 0.0236. The smallest absolute Gasteiger partial charge is 0.265 e. The van der Waals surface area contributed by atoms with Gasteiger partial charge >= 0.3 is 0 Å². The molecule has 1 N–H and O–H groups in total. The van der Waals surface area contributed by atoms with Crippen LogP contribution >= 0.6 is 11.8 Å². The van der Waals surface area contributed by atoms with Crippen LogP contribution in [0.25, 0.3) is 11.0 Å². The van der Waals surface area contributed by atoms with Crippen molar-refractivity contribution in [3.63, 3.8) is 0 Å². The Morgan fingerprint density at radius 3 is 2.80 bits per heavy atom. The van der Waals surface area contributed by atoms with Crippen molar-refractivity contribution < 1.29 is 4.79 Å². The first-order valence-corrected chi connectivity index (χ1v) is 9.57. The average Bonchev–Trinajstić information content (AvgIpc) is 3.10. The molecule has 1 unspecified atom stereocenters.